The Balaban J connectivity index is 2.35. The molecule has 0 bridgehead atoms. The summed E-state index contributed by atoms with van der Waals surface area (Å²) in [6, 6.07) is 6.80. The Morgan fingerprint density at radius 2 is 2.20 bits per heavy atom. The zero-order valence-electron chi connectivity index (χ0n) is 11.2. The predicted octanol–water partition coefficient (Wildman–Crippen LogP) is 3.36. The Labute approximate surface area is 126 Å². The Morgan fingerprint density at radius 1 is 1.40 bits per heavy atom. The van der Waals surface area contributed by atoms with E-state index in [1.54, 1.807) is 19.2 Å². The number of thioether (sulfide) groups is 1. The standard InChI is InChI=1S/C14H14O4S2/c1-3-17-14(19)20-8-9-6-13(15)18-12-5-4-10(16-2)7-11(9)12/h4-7H,3,8H2,1-2H3. The molecule has 1 heterocycles. The van der Waals surface area contributed by atoms with Crippen molar-refractivity contribution in [1.29, 1.82) is 0 Å². The molecule has 0 saturated heterocycles. The first-order valence-corrected chi connectivity index (χ1v) is 7.43. The van der Waals surface area contributed by atoms with Crippen LogP contribution >= 0.6 is 24.0 Å². The zero-order valence-corrected chi connectivity index (χ0v) is 12.8. The second-order valence-electron chi connectivity index (χ2n) is 3.92. The molecule has 4 nitrogen and oxygen atoms in total. The molecule has 6 heteroatoms. The zero-order chi connectivity index (χ0) is 14.5. The first-order chi connectivity index (χ1) is 9.63. The van der Waals surface area contributed by atoms with E-state index in [1.165, 1.54) is 17.8 Å². The number of hydrogen-bond acceptors (Lipinski definition) is 6. The van der Waals surface area contributed by atoms with E-state index in [1.807, 2.05) is 13.0 Å². The molecule has 0 aliphatic rings. The predicted molar refractivity (Wildman–Crippen MR) is 84.6 cm³/mol. The van der Waals surface area contributed by atoms with E-state index in [0.29, 0.717) is 28.1 Å². The number of ether oxygens (including phenoxy) is 2. The summed E-state index contributed by atoms with van der Waals surface area (Å²) in [6.07, 6.45) is 0. The van der Waals surface area contributed by atoms with Gasteiger partial charge in [0.1, 0.15) is 11.3 Å². The number of rotatable bonds is 4. The molecule has 106 valence electrons. The van der Waals surface area contributed by atoms with Gasteiger partial charge < -0.3 is 13.9 Å². The quantitative estimate of drug-likeness (QED) is 0.637. The van der Waals surface area contributed by atoms with Gasteiger partial charge >= 0.3 is 5.63 Å². The fourth-order valence-corrected chi connectivity index (χ4v) is 2.76. The smallest absolute Gasteiger partial charge is 0.336 e. The van der Waals surface area contributed by atoms with Crippen molar-refractivity contribution >= 4 is 39.3 Å². The summed E-state index contributed by atoms with van der Waals surface area (Å²) < 4.78 is 16.1. The highest BCUT2D eigenvalue weighted by Gasteiger charge is 2.09. The largest absolute Gasteiger partial charge is 0.497 e. The van der Waals surface area contributed by atoms with Gasteiger partial charge in [-0.25, -0.2) is 4.79 Å². The molecular weight excluding hydrogens is 296 g/mol. The highest BCUT2D eigenvalue weighted by molar-refractivity contribution is 8.22. The van der Waals surface area contributed by atoms with E-state index in [0.717, 1.165) is 10.9 Å². The molecule has 0 radical (unpaired) electrons. The van der Waals surface area contributed by atoms with Crippen molar-refractivity contribution in [2.45, 2.75) is 12.7 Å². The maximum atomic E-state index is 11.6. The molecule has 0 aliphatic heterocycles. The fraction of sp³-hybridized carbons (Fsp3) is 0.286. The van der Waals surface area contributed by atoms with Crippen LogP contribution < -0.4 is 10.4 Å². The van der Waals surface area contributed by atoms with Gasteiger partial charge in [-0.2, -0.15) is 0 Å². The van der Waals surface area contributed by atoms with Crippen molar-refractivity contribution in [2.75, 3.05) is 13.7 Å². The number of methoxy groups -OCH3 is 1. The van der Waals surface area contributed by atoms with Crippen LogP contribution in [0.1, 0.15) is 12.5 Å². The number of benzene rings is 1. The van der Waals surface area contributed by atoms with E-state index in [9.17, 15) is 4.79 Å². The molecule has 0 N–H and O–H groups in total. The third kappa shape index (κ3) is 3.52. The van der Waals surface area contributed by atoms with Crippen LogP contribution in [0.3, 0.4) is 0 Å². The van der Waals surface area contributed by atoms with Gasteiger partial charge in [0, 0.05) is 17.2 Å². The molecule has 20 heavy (non-hydrogen) atoms. The number of thiocarbonyl (C=S) groups is 1. The van der Waals surface area contributed by atoms with Crippen molar-refractivity contribution in [3.63, 3.8) is 0 Å². The van der Waals surface area contributed by atoms with Crippen LogP contribution in [0.2, 0.25) is 0 Å². The molecule has 0 spiro atoms. The van der Waals surface area contributed by atoms with E-state index < -0.39 is 0 Å². The summed E-state index contributed by atoms with van der Waals surface area (Å²) >= 11 is 6.45. The second kappa shape index (κ2) is 6.76. The minimum absolute atomic E-state index is 0.374. The number of hydrogen-bond donors (Lipinski definition) is 0. The van der Waals surface area contributed by atoms with E-state index in [-0.39, 0.29) is 5.63 Å². The Kier molecular flexibility index (Phi) is 5.03. The molecule has 0 saturated carbocycles. The lowest BCUT2D eigenvalue weighted by Gasteiger charge is -2.08. The van der Waals surface area contributed by atoms with Crippen LogP contribution in [-0.2, 0) is 10.5 Å². The summed E-state index contributed by atoms with van der Waals surface area (Å²) in [7, 11) is 1.60. The van der Waals surface area contributed by atoms with Crippen LogP contribution in [0, 0.1) is 0 Å². The third-order valence-electron chi connectivity index (χ3n) is 2.64. The number of fused-ring (bicyclic) bond motifs is 1. The Bertz CT molecular complexity index is 678. The van der Waals surface area contributed by atoms with Gasteiger partial charge in [0.2, 0.25) is 4.38 Å². The van der Waals surface area contributed by atoms with Crippen molar-refractivity contribution < 1.29 is 13.9 Å². The van der Waals surface area contributed by atoms with Gasteiger partial charge in [0.05, 0.1) is 13.7 Å². The molecule has 2 aromatic rings. The monoisotopic (exact) mass is 310 g/mol. The fourth-order valence-electron chi connectivity index (χ4n) is 1.75. The van der Waals surface area contributed by atoms with Gasteiger partial charge in [-0.15, -0.1) is 0 Å². The van der Waals surface area contributed by atoms with Gasteiger partial charge in [0.25, 0.3) is 0 Å². The molecule has 0 atom stereocenters. The van der Waals surface area contributed by atoms with Crippen LogP contribution in [-0.4, -0.2) is 18.1 Å². The molecule has 1 aromatic heterocycles. The highest BCUT2D eigenvalue weighted by Crippen LogP contribution is 2.26. The summed E-state index contributed by atoms with van der Waals surface area (Å²) in [5.74, 6) is 1.26. The normalized spacial score (nSPS) is 10.5. The molecule has 0 aliphatic carbocycles. The second-order valence-corrected chi connectivity index (χ2v) is 5.50. The van der Waals surface area contributed by atoms with Gasteiger partial charge in [-0.3, -0.25) is 0 Å². The van der Waals surface area contributed by atoms with E-state index >= 15 is 0 Å². The van der Waals surface area contributed by atoms with E-state index in [4.69, 9.17) is 26.1 Å². The summed E-state index contributed by atoms with van der Waals surface area (Å²) in [5, 5.41) is 0.843. The van der Waals surface area contributed by atoms with Gasteiger partial charge in [0.15, 0.2) is 0 Å². The Hall–Kier alpha value is -1.53. The maximum absolute atomic E-state index is 11.6. The highest BCUT2D eigenvalue weighted by atomic mass is 32.2. The van der Waals surface area contributed by atoms with Crippen LogP contribution in [0.25, 0.3) is 11.0 Å². The van der Waals surface area contributed by atoms with Crippen LogP contribution in [0.4, 0.5) is 0 Å². The van der Waals surface area contributed by atoms with Crippen molar-refractivity contribution in [1.82, 2.24) is 0 Å². The molecule has 0 fully saturated rings. The van der Waals surface area contributed by atoms with Gasteiger partial charge in [-0.05, 0) is 42.9 Å². The lowest BCUT2D eigenvalue weighted by molar-refractivity contribution is 0.346. The van der Waals surface area contributed by atoms with Crippen LogP contribution in [0.5, 0.6) is 5.75 Å². The average molecular weight is 310 g/mol. The van der Waals surface area contributed by atoms with Crippen LogP contribution in [0.15, 0.2) is 33.5 Å². The minimum Gasteiger partial charge on any atom is -0.497 e. The first kappa shape index (κ1) is 14.9. The molecule has 2 rings (SSSR count). The lowest BCUT2D eigenvalue weighted by Crippen LogP contribution is -2.02. The molecule has 0 unspecified atom stereocenters. The SMILES string of the molecule is CCOC(=S)SCc1cc(=O)oc2ccc(OC)cc12. The summed E-state index contributed by atoms with van der Waals surface area (Å²) in [4.78, 5) is 11.6. The van der Waals surface area contributed by atoms with Crippen molar-refractivity contribution in [2.24, 2.45) is 0 Å². The lowest BCUT2D eigenvalue weighted by atomic mass is 10.1. The first-order valence-electron chi connectivity index (χ1n) is 6.04. The molecular formula is C14H14O4S2. The minimum atomic E-state index is -0.374. The Morgan fingerprint density at radius 3 is 2.90 bits per heavy atom. The molecule has 0 amide bonds. The topological polar surface area (TPSA) is 48.7 Å². The van der Waals surface area contributed by atoms with E-state index in [2.05, 4.69) is 0 Å². The summed E-state index contributed by atoms with van der Waals surface area (Å²) in [5.41, 5.74) is 1.01. The van der Waals surface area contributed by atoms with Crippen molar-refractivity contribution in [3.05, 3.63) is 40.2 Å². The average Bonchev–Trinajstić information content (AvgIpc) is 2.44. The van der Waals surface area contributed by atoms with Crippen molar-refractivity contribution in [3.8, 4) is 5.75 Å². The van der Waals surface area contributed by atoms with Gasteiger partial charge in [-0.1, -0.05) is 11.8 Å². The molecule has 1 aromatic carbocycles. The summed E-state index contributed by atoms with van der Waals surface area (Å²) in [6.45, 7) is 2.42. The third-order valence-corrected chi connectivity index (χ3v) is 3.92. The maximum Gasteiger partial charge on any atom is 0.336 e.